The summed E-state index contributed by atoms with van der Waals surface area (Å²) in [6.45, 7) is 2.52. The maximum atomic E-state index is 11.1. The standard InChI is InChI=1S/C9H17NO3S/c1-8(12)10(3-4-11)6-9-2-5-14(13)7-9/h9,11H,2-7H2,1H3. The van der Waals surface area contributed by atoms with Gasteiger partial charge in [0, 0.05) is 42.3 Å². The van der Waals surface area contributed by atoms with E-state index in [1.54, 1.807) is 4.90 Å². The van der Waals surface area contributed by atoms with Crippen molar-refractivity contribution in [2.75, 3.05) is 31.2 Å². The summed E-state index contributed by atoms with van der Waals surface area (Å²) in [5.41, 5.74) is 0. The smallest absolute Gasteiger partial charge is 0.219 e. The third-order valence-electron chi connectivity index (χ3n) is 2.47. The van der Waals surface area contributed by atoms with Crippen molar-refractivity contribution in [3.05, 3.63) is 0 Å². The Balaban J connectivity index is 2.39. The van der Waals surface area contributed by atoms with Gasteiger partial charge in [-0.1, -0.05) is 0 Å². The number of hydrogen-bond donors (Lipinski definition) is 1. The van der Waals surface area contributed by atoms with Gasteiger partial charge >= 0.3 is 0 Å². The Morgan fingerprint density at radius 1 is 1.64 bits per heavy atom. The molecule has 1 rings (SSSR count). The highest BCUT2D eigenvalue weighted by Gasteiger charge is 2.23. The third kappa shape index (κ3) is 3.38. The molecule has 1 aliphatic rings. The second-order valence-electron chi connectivity index (χ2n) is 3.65. The van der Waals surface area contributed by atoms with E-state index in [-0.39, 0.29) is 12.5 Å². The largest absolute Gasteiger partial charge is 0.395 e. The summed E-state index contributed by atoms with van der Waals surface area (Å²) in [7, 11) is -0.687. The minimum Gasteiger partial charge on any atom is -0.395 e. The van der Waals surface area contributed by atoms with Crippen LogP contribution in [0.15, 0.2) is 0 Å². The fraction of sp³-hybridized carbons (Fsp3) is 0.889. The van der Waals surface area contributed by atoms with E-state index in [4.69, 9.17) is 5.11 Å². The molecule has 0 radical (unpaired) electrons. The lowest BCUT2D eigenvalue weighted by atomic mass is 10.1. The fourth-order valence-electron chi connectivity index (χ4n) is 1.68. The molecule has 14 heavy (non-hydrogen) atoms. The van der Waals surface area contributed by atoms with E-state index in [0.29, 0.717) is 24.8 Å². The third-order valence-corrected chi connectivity index (χ3v) is 4.00. The number of aliphatic hydroxyl groups is 1. The molecule has 1 amide bonds. The molecule has 2 atom stereocenters. The molecular weight excluding hydrogens is 202 g/mol. The first kappa shape index (κ1) is 11.7. The molecule has 4 nitrogen and oxygen atoms in total. The summed E-state index contributed by atoms with van der Waals surface area (Å²) in [4.78, 5) is 12.8. The molecule has 0 aromatic heterocycles. The second-order valence-corrected chi connectivity index (χ2v) is 5.28. The van der Waals surface area contributed by atoms with Gasteiger partial charge in [-0.3, -0.25) is 9.00 Å². The molecule has 0 saturated carbocycles. The van der Waals surface area contributed by atoms with E-state index < -0.39 is 10.8 Å². The Morgan fingerprint density at radius 3 is 2.79 bits per heavy atom. The molecule has 1 saturated heterocycles. The number of rotatable bonds is 4. The molecule has 0 spiro atoms. The van der Waals surface area contributed by atoms with Crippen LogP contribution in [0.1, 0.15) is 13.3 Å². The predicted octanol–water partition coefficient (Wildman–Crippen LogP) is -0.404. The van der Waals surface area contributed by atoms with Gasteiger partial charge in [-0.05, 0) is 12.3 Å². The number of amides is 1. The average molecular weight is 219 g/mol. The van der Waals surface area contributed by atoms with Crippen LogP contribution < -0.4 is 0 Å². The number of nitrogens with zero attached hydrogens (tertiary/aromatic N) is 1. The molecule has 5 heteroatoms. The van der Waals surface area contributed by atoms with Gasteiger partial charge < -0.3 is 10.0 Å². The van der Waals surface area contributed by atoms with Gasteiger partial charge in [0.15, 0.2) is 0 Å². The van der Waals surface area contributed by atoms with Crippen LogP contribution in [0.2, 0.25) is 0 Å². The maximum absolute atomic E-state index is 11.1. The van der Waals surface area contributed by atoms with Crippen LogP contribution in [0.5, 0.6) is 0 Å². The van der Waals surface area contributed by atoms with E-state index >= 15 is 0 Å². The molecule has 1 aliphatic heterocycles. The van der Waals surface area contributed by atoms with Crippen LogP contribution in [0.3, 0.4) is 0 Å². The summed E-state index contributed by atoms with van der Waals surface area (Å²) in [6, 6.07) is 0. The van der Waals surface area contributed by atoms with Crippen molar-refractivity contribution in [1.82, 2.24) is 4.90 Å². The summed E-state index contributed by atoms with van der Waals surface area (Å²) in [6.07, 6.45) is 0.932. The zero-order valence-corrected chi connectivity index (χ0v) is 9.26. The van der Waals surface area contributed by atoms with Crippen LogP contribution in [-0.4, -0.2) is 51.3 Å². The van der Waals surface area contributed by atoms with Crippen molar-refractivity contribution >= 4 is 16.7 Å². The van der Waals surface area contributed by atoms with Gasteiger partial charge in [-0.15, -0.1) is 0 Å². The zero-order valence-electron chi connectivity index (χ0n) is 8.44. The summed E-state index contributed by atoms with van der Waals surface area (Å²) < 4.78 is 11.1. The first-order chi connectivity index (χ1) is 6.63. The molecule has 0 aromatic rings. The van der Waals surface area contributed by atoms with Crippen molar-refractivity contribution in [2.24, 2.45) is 5.92 Å². The minimum absolute atomic E-state index is 0.00457. The first-order valence-electron chi connectivity index (χ1n) is 4.85. The lowest BCUT2D eigenvalue weighted by molar-refractivity contribution is -0.129. The van der Waals surface area contributed by atoms with Crippen molar-refractivity contribution < 1.29 is 14.1 Å². The quantitative estimate of drug-likeness (QED) is 0.699. The van der Waals surface area contributed by atoms with Crippen molar-refractivity contribution in [1.29, 1.82) is 0 Å². The van der Waals surface area contributed by atoms with E-state index in [1.807, 2.05) is 0 Å². The highest BCUT2D eigenvalue weighted by molar-refractivity contribution is 7.85. The summed E-state index contributed by atoms with van der Waals surface area (Å²) in [5, 5.41) is 8.76. The lowest BCUT2D eigenvalue weighted by Crippen LogP contribution is -2.36. The molecule has 82 valence electrons. The van der Waals surface area contributed by atoms with Crippen molar-refractivity contribution in [2.45, 2.75) is 13.3 Å². The van der Waals surface area contributed by atoms with E-state index in [9.17, 15) is 9.00 Å². The summed E-state index contributed by atoms with van der Waals surface area (Å²) >= 11 is 0. The van der Waals surface area contributed by atoms with Crippen LogP contribution in [0.25, 0.3) is 0 Å². The van der Waals surface area contributed by atoms with Crippen LogP contribution in [-0.2, 0) is 15.6 Å². The van der Waals surface area contributed by atoms with Gasteiger partial charge in [0.1, 0.15) is 0 Å². The fourth-order valence-corrected chi connectivity index (χ4v) is 3.24. The van der Waals surface area contributed by atoms with Crippen molar-refractivity contribution in [3.63, 3.8) is 0 Å². The van der Waals surface area contributed by atoms with Crippen LogP contribution in [0.4, 0.5) is 0 Å². The Bertz CT molecular complexity index is 232. The monoisotopic (exact) mass is 219 g/mol. The predicted molar refractivity (Wildman–Crippen MR) is 55.3 cm³/mol. The lowest BCUT2D eigenvalue weighted by Gasteiger charge is -2.22. The zero-order chi connectivity index (χ0) is 10.6. The molecule has 0 aromatic carbocycles. The SMILES string of the molecule is CC(=O)N(CCO)CC1CCS(=O)C1. The molecule has 1 N–H and O–H groups in total. The van der Waals surface area contributed by atoms with Gasteiger partial charge in [0.2, 0.25) is 5.91 Å². The summed E-state index contributed by atoms with van der Waals surface area (Å²) in [5.74, 6) is 1.80. The Kier molecular flexibility index (Phi) is 4.54. The normalized spacial score (nSPS) is 26.4. The Morgan fingerprint density at radius 2 is 2.36 bits per heavy atom. The molecule has 2 unspecified atom stereocenters. The van der Waals surface area contributed by atoms with E-state index in [2.05, 4.69) is 0 Å². The first-order valence-corrected chi connectivity index (χ1v) is 6.33. The number of carbonyl (C=O) groups excluding carboxylic acids is 1. The van der Waals surface area contributed by atoms with E-state index in [1.165, 1.54) is 6.92 Å². The average Bonchev–Trinajstić information content (AvgIpc) is 2.50. The molecule has 1 fully saturated rings. The van der Waals surface area contributed by atoms with E-state index in [0.717, 1.165) is 12.2 Å². The van der Waals surface area contributed by atoms with Gasteiger partial charge in [-0.25, -0.2) is 0 Å². The second kappa shape index (κ2) is 5.46. The molecule has 0 bridgehead atoms. The number of hydrogen-bond acceptors (Lipinski definition) is 3. The highest BCUT2D eigenvalue weighted by atomic mass is 32.2. The van der Waals surface area contributed by atoms with Gasteiger partial charge in [-0.2, -0.15) is 0 Å². The van der Waals surface area contributed by atoms with Crippen LogP contribution >= 0.6 is 0 Å². The molecule has 0 aliphatic carbocycles. The molecule has 1 heterocycles. The number of carbonyl (C=O) groups is 1. The Hall–Kier alpha value is -0.420. The highest BCUT2D eigenvalue weighted by Crippen LogP contribution is 2.16. The minimum atomic E-state index is -0.687. The van der Waals surface area contributed by atoms with Gasteiger partial charge in [0.05, 0.1) is 6.61 Å². The topological polar surface area (TPSA) is 57.6 Å². The maximum Gasteiger partial charge on any atom is 0.219 e. The number of aliphatic hydroxyl groups excluding tert-OH is 1. The van der Waals surface area contributed by atoms with Gasteiger partial charge in [0.25, 0.3) is 0 Å². The van der Waals surface area contributed by atoms with Crippen LogP contribution in [0, 0.1) is 5.92 Å². The Labute approximate surface area is 86.7 Å². The molecular formula is C9H17NO3S. The van der Waals surface area contributed by atoms with Crippen molar-refractivity contribution in [3.8, 4) is 0 Å².